The van der Waals surface area contributed by atoms with Crippen molar-refractivity contribution < 1.29 is 33.3 Å². The first-order valence-corrected chi connectivity index (χ1v) is 9.55. The number of methoxy groups -OCH3 is 2. The lowest BCUT2D eigenvalue weighted by atomic mass is 9.77. The van der Waals surface area contributed by atoms with Crippen molar-refractivity contribution in [3.8, 4) is 17.2 Å². The number of Topliss-reactive ketones (excluding diaryl/α,β-unsaturated/α-hetero) is 2. The van der Waals surface area contributed by atoms with Crippen LogP contribution in [0, 0.1) is 0 Å². The van der Waals surface area contributed by atoms with Crippen molar-refractivity contribution in [2.24, 2.45) is 0 Å². The molecule has 29 heavy (non-hydrogen) atoms. The van der Waals surface area contributed by atoms with E-state index in [1.165, 1.54) is 14.2 Å². The number of rotatable bonds is 2. The van der Waals surface area contributed by atoms with Crippen LogP contribution >= 0.6 is 0 Å². The van der Waals surface area contributed by atoms with Gasteiger partial charge in [0.2, 0.25) is 5.79 Å². The topological polar surface area (TPSA) is 80.3 Å². The summed E-state index contributed by atoms with van der Waals surface area (Å²) in [6, 6.07) is 8.81. The number of carbonyl (C=O) groups excluding carboxylic acids is 2. The fourth-order valence-electron chi connectivity index (χ4n) is 5.09. The van der Waals surface area contributed by atoms with Gasteiger partial charge in [0.05, 0.1) is 23.8 Å². The van der Waals surface area contributed by atoms with Crippen LogP contribution in [0.15, 0.2) is 30.3 Å². The van der Waals surface area contributed by atoms with Crippen LogP contribution in [-0.4, -0.2) is 31.9 Å². The van der Waals surface area contributed by atoms with Gasteiger partial charge in [0.25, 0.3) is 5.79 Å². The minimum atomic E-state index is -1.33. The minimum Gasteiger partial charge on any atom is -0.496 e. The Labute approximate surface area is 166 Å². The summed E-state index contributed by atoms with van der Waals surface area (Å²) >= 11 is 0. The highest BCUT2D eigenvalue weighted by Gasteiger charge is 2.66. The third-order valence-corrected chi connectivity index (χ3v) is 6.30. The Bertz CT molecular complexity index is 1110. The van der Waals surface area contributed by atoms with Crippen LogP contribution < -0.4 is 14.2 Å². The second-order valence-corrected chi connectivity index (χ2v) is 7.70. The van der Waals surface area contributed by atoms with Crippen molar-refractivity contribution in [2.75, 3.05) is 14.2 Å². The van der Waals surface area contributed by atoms with Gasteiger partial charge in [-0.25, -0.2) is 0 Å². The van der Waals surface area contributed by atoms with Gasteiger partial charge in [-0.15, -0.1) is 0 Å². The molecule has 0 amide bonds. The number of hydrogen-bond acceptors (Lipinski definition) is 7. The first-order chi connectivity index (χ1) is 14.0. The molecule has 0 fully saturated rings. The molecule has 0 N–H and O–H groups in total. The van der Waals surface area contributed by atoms with Crippen LogP contribution in [0.3, 0.4) is 0 Å². The van der Waals surface area contributed by atoms with Crippen molar-refractivity contribution in [2.45, 2.75) is 36.9 Å². The number of ketones is 2. The molecule has 0 saturated carbocycles. The molecule has 0 saturated heterocycles. The van der Waals surface area contributed by atoms with Crippen molar-refractivity contribution in [3.05, 3.63) is 52.6 Å². The van der Waals surface area contributed by atoms with Gasteiger partial charge in [-0.2, -0.15) is 0 Å². The Hall–Kier alpha value is -2.90. The third-order valence-electron chi connectivity index (χ3n) is 6.30. The largest absolute Gasteiger partial charge is 0.496 e. The van der Waals surface area contributed by atoms with E-state index in [4.69, 9.17) is 23.7 Å². The summed E-state index contributed by atoms with van der Waals surface area (Å²) in [5, 5.41) is 0. The Balaban J connectivity index is 1.69. The standard InChI is InChI=1S/C22H18O7/c1-25-14-6-7-16-20-18(14)12(23)8-9-21(20)27-15-5-3-4-11-13(24)10-17(26-2)22(28-16,29-21)19(11)15/h3-7,17H,8-10H2,1-2H3/t17-,21-,22-/m1/s1. The van der Waals surface area contributed by atoms with Crippen LogP contribution in [0.2, 0.25) is 0 Å². The van der Waals surface area contributed by atoms with E-state index in [9.17, 15) is 9.59 Å². The van der Waals surface area contributed by atoms with Gasteiger partial charge < -0.3 is 18.9 Å². The monoisotopic (exact) mass is 394 g/mol. The zero-order valence-corrected chi connectivity index (χ0v) is 15.9. The van der Waals surface area contributed by atoms with E-state index in [1.807, 2.05) is 0 Å². The first-order valence-electron chi connectivity index (χ1n) is 9.55. The molecule has 2 aromatic rings. The molecular weight excluding hydrogens is 376 g/mol. The second kappa shape index (κ2) is 5.37. The molecule has 2 spiro atoms. The van der Waals surface area contributed by atoms with E-state index in [-0.39, 0.29) is 24.4 Å². The van der Waals surface area contributed by atoms with Gasteiger partial charge >= 0.3 is 0 Å². The maximum absolute atomic E-state index is 12.8. The molecule has 2 aromatic carbocycles. The Morgan fingerprint density at radius 1 is 1.00 bits per heavy atom. The van der Waals surface area contributed by atoms with Gasteiger partial charge in [-0.3, -0.25) is 14.3 Å². The molecule has 2 aliphatic heterocycles. The van der Waals surface area contributed by atoms with E-state index < -0.39 is 17.7 Å². The van der Waals surface area contributed by atoms with Crippen LogP contribution in [0.1, 0.15) is 51.1 Å². The van der Waals surface area contributed by atoms with Crippen LogP contribution in [0.4, 0.5) is 0 Å². The van der Waals surface area contributed by atoms with Crippen molar-refractivity contribution in [3.63, 3.8) is 0 Å². The molecule has 0 radical (unpaired) electrons. The summed E-state index contributed by atoms with van der Waals surface area (Å²) in [7, 11) is 3.06. The summed E-state index contributed by atoms with van der Waals surface area (Å²) in [4.78, 5) is 25.5. The van der Waals surface area contributed by atoms with Crippen molar-refractivity contribution in [1.82, 2.24) is 0 Å². The Morgan fingerprint density at radius 3 is 2.62 bits per heavy atom. The second-order valence-electron chi connectivity index (χ2n) is 7.70. The van der Waals surface area contributed by atoms with Crippen LogP contribution in [0.5, 0.6) is 17.2 Å². The van der Waals surface area contributed by atoms with Gasteiger partial charge in [0, 0.05) is 31.9 Å². The number of benzene rings is 2. The van der Waals surface area contributed by atoms with E-state index in [2.05, 4.69) is 0 Å². The predicted octanol–water partition coefficient (Wildman–Crippen LogP) is 3.08. The SMILES string of the molecule is COc1ccc2c3c1C(=O)CC[C@]31Oc3cccc4c3[C@](O2)(O1)[C@H](OC)CC4=O. The average Bonchev–Trinajstić information content (AvgIpc) is 2.73. The van der Waals surface area contributed by atoms with Crippen LogP contribution in [-0.2, 0) is 21.0 Å². The average molecular weight is 394 g/mol. The molecule has 2 bridgehead atoms. The quantitative estimate of drug-likeness (QED) is 0.774. The molecule has 0 unspecified atom stereocenters. The summed E-state index contributed by atoms with van der Waals surface area (Å²) in [5.41, 5.74) is 2.02. The predicted molar refractivity (Wildman–Crippen MR) is 98.4 cm³/mol. The smallest absolute Gasteiger partial charge is 0.271 e. The first kappa shape index (κ1) is 17.0. The summed E-state index contributed by atoms with van der Waals surface area (Å²) < 4.78 is 30.6. The third kappa shape index (κ3) is 1.89. The minimum absolute atomic E-state index is 0.0438. The maximum Gasteiger partial charge on any atom is 0.271 e. The van der Waals surface area contributed by atoms with E-state index >= 15 is 0 Å². The molecule has 7 nitrogen and oxygen atoms in total. The molecule has 2 heterocycles. The molecule has 0 aromatic heterocycles. The van der Waals surface area contributed by atoms with E-state index in [0.717, 1.165) is 0 Å². The van der Waals surface area contributed by atoms with Gasteiger partial charge in [0.1, 0.15) is 23.4 Å². The van der Waals surface area contributed by atoms with Crippen LogP contribution in [0.25, 0.3) is 0 Å². The van der Waals surface area contributed by atoms with Crippen molar-refractivity contribution in [1.29, 1.82) is 0 Å². The highest BCUT2D eigenvalue weighted by atomic mass is 16.8. The zero-order chi connectivity index (χ0) is 20.0. The molecule has 7 heteroatoms. The Kier molecular flexibility index (Phi) is 3.15. The highest BCUT2D eigenvalue weighted by molar-refractivity contribution is 6.03. The fraction of sp³-hybridized carbons (Fsp3) is 0.364. The molecule has 3 atom stereocenters. The van der Waals surface area contributed by atoms with Gasteiger partial charge in [-0.05, 0) is 18.2 Å². The van der Waals surface area contributed by atoms with E-state index in [0.29, 0.717) is 45.9 Å². The summed E-state index contributed by atoms with van der Waals surface area (Å²) in [6.45, 7) is 0. The molecule has 148 valence electrons. The number of hydrogen-bond donors (Lipinski definition) is 0. The maximum atomic E-state index is 12.8. The lowest BCUT2D eigenvalue weighted by Crippen LogP contribution is -2.63. The lowest BCUT2D eigenvalue weighted by Gasteiger charge is -2.56. The van der Waals surface area contributed by atoms with E-state index in [1.54, 1.807) is 30.3 Å². The molecule has 2 aliphatic carbocycles. The fourth-order valence-corrected chi connectivity index (χ4v) is 5.09. The number of ether oxygens (including phenoxy) is 5. The molecule has 6 rings (SSSR count). The summed E-state index contributed by atoms with van der Waals surface area (Å²) in [6.07, 6.45) is 0.0493. The number of carbonyl (C=O) groups is 2. The zero-order valence-electron chi connectivity index (χ0n) is 15.9. The van der Waals surface area contributed by atoms with Crippen molar-refractivity contribution >= 4 is 11.6 Å². The van der Waals surface area contributed by atoms with Gasteiger partial charge in [0.15, 0.2) is 11.6 Å². The summed E-state index contributed by atoms with van der Waals surface area (Å²) in [5.74, 6) is -1.18. The normalized spacial score (nSPS) is 30.6. The lowest BCUT2D eigenvalue weighted by molar-refractivity contribution is -0.387. The molecule has 4 aliphatic rings. The van der Waals surface area contributed by atoms with Gasteiger partial charge in [-0.1, -0.05) is 12.1 Å². The molecular formula is C22H18O7. The Morgan fingerprint density at radius 2 is 1.83 bits per heavy atom. The highest BCUT2D eigenvalue weighted by Crippen LogP contribution is 2.62.